The number of ether oxygens (including phenoxy) is 1. The van der Waals surface area contributed by atoms with Crippen LogP contribution in [0.25, 0.3) is 0 Å². The average molecular weight is 474 g/mol. The second-order valence-electron chi connectivity index (χ2n) is 9.35. The zero-order valence-electron chi connectivity index (χ0n) is 21.6. The maximum absolute atomic E-state index is 12.7. The maximum atomic E-state index is 12.7. The molecule has 0 aromatic heterocycles. The smallest absolute Gasteiger partial charge is 0.336 e. The minimum absolute atomic E-state index is 0.161. The number of unbranched alkanes of at least 4 members (excludes halogenated alkanes) is 12. The van der Waals surface area contributed by atoms with Crippen molar-refractivity contribution in [3.63, 3.8) is 0 Å². The molecule has 34 heavy (non-hydrogen) atoms. The third-order valence-corrected chi connectivity index (χ3v) is 6.11. The van der Waals surface area contributed by atoms with Gasteiger partial charge in [-0.15, -0.1) is 0 Å². The Bertz CT molecular complexity index is 674. The Labute approximate surface area is 207 Å². The van der Waals surface area contributed by atoms with Gasteiger partial charge in [0.1, 0.15) is 6.04 Å². The molecule has 0 radical (unpaired) electrons. The summed E-state index contributed by atoms with van der Waals surface area (Å²) >= 11 is 0. The number of hydrogen-bond donors (Lipinski definition) is 1. The zero-order valence-corrected chi connectivity index (χ0v) is 21.6. The molecule has 1 aromatic rings. The number of carbonyl (C=O) groups is 3. The Morgan fingerprint density at radius 1 is 0.706 bits per heavy atom. The Balaban J connectivity index is 2.44. The summed E-state index contributed by atoms with van der Waals surface area (Å²) in [5, 5.41) is 2.81. The highest BCUT2D eigenvalue weighted by Crippen LogP contribution is 2.11. The Morgan fingerprint density at radius 2 is 1.21 bits per heavy atom. The van der Waals surface area contributed by atoms with Gasteiger partial charge in [-0.1, -0.05) is 121 Å². The molecule has 5 nitrogen and oxygen atoms in total. The molecule has 0 aliphatic heterocycles. The number of nitrogens with one attached hydrogen (secondary N) is 1. The normalized spacial score (nSPS) is 11.7. The fourth-order valence-corrected chi connectivity index (χ4v) is 4.01. The van der Waals surface area contributed by atoms with Crippen LogP contribution >= 0.6 is 0 Å². The second-order valence-corrected chi connectivity index (χ2v) is 9.35. The lowest BCUT2D eigenvalue weighted by Crippen LogP contribution is -2.44. The van der Waals surface area contributed by atoms with E-state index in [2.05, 4.69) is 19.2 Å². The van der Waals surface area contributed by atoms with Crippen LogP contribution in [0.4, 0.5) is 0 Å². The van der Waals surface area contributed by atoms with Crippen LogP contribution < -0.4 is 5.32 Å². The molecule has 0 unspecified atom stereocenters. The lowest BCUT2D eigenvalue weighted by atomic mass is 10.0. The quantitative estimate of drug-likeness (QED) is 0.125. The Kier molecular flexibility index (Phi) is 17.8. The number of rotatable bonds is 20. The lowest BCUT2D eigenvalue weighted by molar-refractivity contribution is -0.162. The maximum Gasteiger partial charge on any atom is 0.336 e. The van der Waals surface area contributed by atoms with Crippen LogP contribution in [0, 0.1) is 0 Å². The number of carbonyl (C=O) groups excluding carboxylic acids is 3. The topological polar surface area (TPSA) is 72.5 Å². The van der Waals surface area contributed by atoms with E-state index in [0.29, 0.717) is 12.8 Å². The number of amides is 1. The number of esters is 2. The van der Waals surface area contributed by atoms with Gasteiger partial charge in [-0.2, -0.15) is 0 Å². The first-order valence-corrected chi connectivity index (χ1v) is 13.6. The molecule has 1 atom stereocenters. The predicted molar refractivity (Wildman–Crippen MR) is 138 cm³/mol. The van der Waals surface area contributed by atoms with Gasteiger partial charge in [-0.05, 0) is 18.4 Å². The van der Waals surface area contributed by atoms with Crippen molar-refractivity contribution in [2.24, 2.45) is 0 Å². The van der Waals surface area contributed by atoms with Crippen molar-refractivity contribution in [1.82, 2.24) is 5.32 Å². The molecule has 0 fully saturated rings. The summed E-state index contributed by atoms with van der Waals surface area (Å²) in [7, 11) is 0. The SMILES string of the molecule is CCCCCCCCCC(=O)N[C@@H](Cc1ccccc1)C(=O)OC(=O)CCCCCCCCC. The summed E-state index contributed by atoms with van der Waals surface area (Å²) in [4.78, 5) is 37.4. The first kappa shape index (κ1) is 29.9. The van der Waals surface area contributed by atoms with Crippen molar-refractivity contribution in [1.29, 1.82) is 0 Å². The van der Waals surface area contributed by atoms with E-state index >= 15 is 0 Å². The zero-order chi connectivity index (χ0) is 24.9. The monoisotopic (exact) mass is 473 g/mol. The molecule has 1 N–H and O–H groups in total. The molecule has 1 amide bonds. The van der Waals surface area contributed by atoms with Crippen molar-refractivity contribution < 1.29 is 19.1 Å². The van der Waals surface area contributed by atoms with Crippen LogP contribution in [-0.4, -0.2) is 23.9 Å². The first-order valence-electron chi connectivity index (χ1n) is 13.6. The van der Waals surface area contributed by atoms with E-state index in [4.69, 9.17) is 4.74 Å². The van der Waals surface area contributed by atoms with Crippen LogP contribution in [0.2, 0.25) is 0 Å². The summed E-state index contributed by atoms with van der Waals surface area (Å²) in [6.07, 6.45) is 16.5. The van der Waals surface area contributed by atoms with Gasteiger partial charge in [0, 0.05) is 19.3 Å². The van der Waals surface area contributed by atoms with Gasteiger partial charge >= 0.3 is 11.9 Å². The van der Waals surface area contributed by atoms with Gasteiger partial charge < -0.3 is 10.1 Å². The molecule has 0 heterocycles. The van der Waals surface area contributed by atoms with E-state index in [1.807, 2.05) is 30.3 Å². The van der Waals surface area contributed by atoms with Crippen molar-refractivity contribution in [3.8, 4) is 0 Å². The standard InChI is InChI=1S/C29H47NO4/c1-3-5-7-9-11-13-18-22-27(31)30-26(24-25-20-16-15-17-21-25)29(33)34-28(32)23-19-14-12-10-8-6-4-2/h15-17,20-21,26H,3-14,18-19,22-24H2,1-2H3,(H,30,31)/t26-/m0/s1. The lowest BCUT2D eigenvalue weighted by Gasteiger charge is -2.17. The molecule has 0 saturated heterocycles. The molecule has 0 spiro atoms. The average Bonchev–Trinajstić information content (AvgIpc) is 2.83. The van der Waals surface area contributed by atoms with E-state index in [0.717, 1.165) is 44.1 Å². The van der Waals surface area contributed by atoms with Crippen LogP contribution in [0.5, 0.6) is 0 Å². The van der Waals surface area contributed by atoms with Gasteiger partial charge in [0.05, 0.1) is 0 Å². The summed E-state index contributed by atoms with van der Waals surface area (Å²) in [5.41, 5.74) is 0.917. The predicted octanol–water partition coefficient (Wildman–Crippen LogP) is 7.07. The van der Waals surface area contributed by atoms with Gasteiger partial charge in [0.15, 0.2) is 0 Å². The second kappa shape index (κ2) is 20.2. The Hall–Kier alpha value is -2.17. The molecule has 1 rings (SSSR count). The van der Waals surface area contributed by atoms with E-state index in [1.165, 1.54) is 51.4 Å². The van der Waals surface area contributed by atoms with Crippen LogP contribution in [0.1, 0.15) is 122 Å². The van der Waals surface area contributed by atoms with Gasteiger partial charge in [0.2, 0.25) is 5.91 Å². The van der Waals surface area contributed by atoms with Crippen molar-refractivity contribution in [2.45, 2.75) is 129 Å². The highest BCUT2D eigenvalue weighted by Gasteiger charge is 2.25. The molecule has 0 aliphatic rings. The minimum Gasteiger partial charge on any atom is -0.392 e. The van der Waals surface area contributed by atoms with Crippen LogP contribution in [0.3, 0.4) is 0 Å². The molecule has 0 saturated carbocycles. The van der Waals surface area contributed by atoms with Crippen molar-refractivity contribution >= 4 is 17.8 Å². The highest BCUT2D eigenvalue weighted by atomic mass is 16.6. The fourth-order valence-electron chi connectivity index (χ4n) is 4.01. The highest BCUT2D eigenvalue weighted by molar-refractivity contribution is 5.91. The summed E-state index contributed by atoms with van der Waals surface area (Å²) in [6, 6.07) is 8.65. The fraction of sp³-hybridized carbons (Fsp3) is 0.690. The van der Waals surface area contributed by atoms with E-state index < -0.39 is 18.0 Å². The molecule has 0 bridgehead atoms. The van der Waals surface area contributed by atoms with E-state index in [9.17, 15) is 14.4 Å². The summed E-state index contributed by atoms with van der Waals surface area (Å²) < 4.78 is 5.12. The number of hydrogen-bond acceptors (Lipinski definition) is 4. The molecule has 0 aliphatic carbocycles. The Morgan fingerprint density at radius 3 is 1.76 bits per heavy atom. The third kappa shape index (κ3) is 15.6. The minimum atomic E-state index is -0.850. The molecular weight excluding hydrogens is 426 g/mol. The molecular formula is C29H47NO4. The van der Waals surface area contributed by atoms with E-state index in [-0.39, 0.29) is 12.3 Å². The molecule has 5 heteroatoms. The van der Waals surface area contributed by atoms with E-state index in [1.54, 1.807) is 0 Å². The molecule has 192 valence electrons. The van der Waals surface area contributed by atoms with Gasteiger partial charge in [0.25, 0.3) is 0 Å². The first-order chi connectivity index (χ1) is 16.6. The summed E-state index contributed by atoms with van der Waals surface area (Å²) in [6.45, 7) is 4.39. The number of benzene rings is 1. The van der Waals surface area contributed by atoms with Crippen molar-refractivity contribution in [3.05, 3.63) is 35.9 Å². The van der Waals surface area contributed by atoms with Gasteiger partial charge in [-0.25, -0.2) is 4.79 Å². The molecule has 1 aromatic carbocycles. The third-order valence-electron chi connectivity index (χ3n) is 6.11. The largest absolute Gasteiger partial charge is 0.392 e. The summed E-state index contributed by atoms with van der Waals surface area (Å²) in [5.74, 6) is -1.33. The van der Waals surface area contributed by atoms with Gasteiger partial charge in [-0.3, -0.25) is 9.59 Å². The van der Waals surface area contributed by atoms with Crippen LogP contribution in [-0.2, 0) is 25.5 Å². The van der Waals surface area contributed by atoms with Crippen molar-refractivity contribution in [2.75, 3.05) is 0 Å². The van der Waals surface area contributed by atoms with Crippen LogP contribution in [0.15, 0.2) is 30.3 Å².